The number of rotatable bonds is 3. The normalized spacial score (nSPS) is 10.4. The highest BCUT2D eigenvalue weighted by molar-refractivity contribution is 5.54. The van der Waals surface area contributed by atoms with E-state index in [4.69, 9.17) is 5.73 Å². The monoisotopic (exact) mass is 244 g/mol. The first-order valence-electron chi connectivity index (χ1n) is 5.91. The Morgan fingerprint density at radius 1 is 1.11 bits per heavy atom. The lowest BCUT2D eigenvalue weighted by Gasteiger charge is -2.10. The summed E-state index contributed by atoms with van der Waals surface area (Å²) in [4.78, 5) is 0. The molecule has 0 bridgehead atoms. The van der Waals surface area contributed by atoms with Crippen LogP contribution in [0.1, 0.15) is 16.7 Å². The predicted octanol–water partition coefficient (Wildman–Crippen LogP) is 3.64. The summed E-state index contributed by atoms with van der Waals surface area (Å²) >= 11 is 0. The molecule has 94 valence electrons. The highest BCUT2D eigenvalue weighted by Crippen LogP contribution is 2.17. The van der Waals surface area contributed by atoms with E-state index in [2.05, 4.69) is 5.32 Å². The van der Waals surface area contributed by atoms with Crippen molar-refractivity contribution in [3.8, 4) is 0 Å². The molecule has 0 spiro atoms. The molecule has 0 heterocycles. The fraction of sp³-hybridized carbons (Fsp3) is 0.200. The third-order valence-corrected chi connectivity index (χ3v) is 2.88. The Balaban J connectivity index is 2.11. The fourth-order valence-corrected chi connectivity index (χ4v) is 1.99. The molecular weight excluding hydrogens is 227 g/mol. The van der Waals surface area contributed by atoms with Crippen LogP contribution in [0.5, 0.6) is 0 Å². The lowest BCUT2D eigenvalue weighted by atomic mass is 10.1. The molecule has 0 saturated carbocycles. The fourth-order valence-electron chi connectivity index (χ4n) is 1.99. The summed E-state index contributed by atoms with van der Waals surface area (Å²) in [5.74, 6) is -0.122. The van der Waals surface area contributed by atoms with E-state index in [1.54, 1.807) is 13.8 Å². The van der Waals surface area contributed by atoms with Crippen molar-refractivity contribution in [1.29, 1.82) is 0 Å². The van der Waals surface area contributed by atoms with Gasteiger partial charge in [-0.15, -0.1) is 0 Å². The van der Waals surface area contributed by atoms with E-state index in [1.807, 2.05) is 36.4 Å². The van der Waals surface area contributed by atoms with Gasteiger partial charge in [-0.3, -0.25) is 0 Å². The zero-order chi connectivity index (χ0) is 13.1. The van der Waals surface area contributed by atoms with E-state index in [0.717, 1.165) is 16.9 Å². The van der Waals surface area contributed by atoms with E-state index in [-0.39, 0.29) is 5.82 Å². The lowest BCUT2D eigenvalue weighted by molar-refractivity contribution is 0.608. The van der Waals surface area contributed by atoms with Gasteiger partial charge >= 0.3 is 0 Å². The minimum atomic E-state index is -0.122. The summed E-state index contributed by atoms with van der Waals surface area (Å²) in [5, 5.41) is 3.27. The molecule has 0 atom stereocenters. The van der Waals surface area contributed by atoms with Crippen LogP contribution < -0.4 is 11.1 Å². The van der Waals surface area contributed by atoms with E-state index in [9.17, 15) is 4.39 Å². The molecule has 3 N–H and O–H groups in total. The van der Waals surface area contributed by atoms with E-state index < -0.39 is 0 Å². The maximum atomic E-state index is 13.5. The third kappa shape index (κ3) is 2.80. The maximum absolute atomic E-state index is 13.5. The minimum absolute atomic E-state index is 0.122. The molecule has 0 aromatic heterocycles. The van der Waals surface area contributed by atoms with Crippen LogP contribution in [0.3, 0.4) is 0 Å². The van der Waals surface area contributed by atoms with Gasteiger partial charge < -0.3 is 11.1 Å². The van der Waals surface area contributed by atoms with Gasteiger partial charge in [0, 0.05) is 17.9 Å². The van der Waals surface area contributed by atoms with Gasteiger partial charge in [0.05, 0.1) is 0 Å². The van der Waals surface area contributed by atoms with Gasteiger partial charge in [-0.05, 0) is 48.7 Å². The number of nitrogen functional groups attached to an aromatic ring is 1. The molecule has 0 saturated heterocycles. The van der Waals surface area contributed by atoms with Gasteiger partial charge in [0.1, 0.15) is 5.82 Å². The van der Waals surface area contributed by atoms with Crippen molar-refractivity contribution in [2.45, 2.75) is 20.4 Å². The summed E-state index contributed by atoms with van der Waals surface area (Å²) in [7, 11) is 0. The number of nitrogens with one attached hydrogen (secondary N) is 1. The van der Waals surface area contributed by atoms with Crippen molar-refractivity contribution in [2.75, 3.05) is 11.1 Å². The zero-order valence-electron chi connectivity index (χ0n) is 10.6. The lowest BCUT2D eigenvalue weighted by Crippen LogP contribution is -2.02. The van der Waals surface area contributed by atoms with E-state index in [1.165, 1.54) is 0 Å². The molecule has 0 aliphatic carbocycles. The van der Waals surface area contributed by atoms with Crippen LogP contribution in [-0.4, -0.2) is 0 Å². The number of benzene rings is 2. The molecule has 0 amide bonds. The van der Waals surface area contributed by atoms with Crippen molar-refractivity contribution in [2.24, 2.45) is 0 Å². The van der Waals surface area contributed by atoms with Crippen LogP contribution in [0.25, 0.3) is 0 Å². The van der Waals surface area contributed by atoms with Gasteiger partial charge in [0.15, 0.2) is 0 Å². The highest BCUT2D eigenvalue weighted by Gasteiger charge is 2.04. The number of hydrogen-bond acceptors (Lipinski definition) is 2. The smallest absolute Gasteiger partial charge is 0.129 e. The molecule has 18 heavy (non-hydrogen) atoms. The number of nitrogens with two attached hydrogens (primary N) is 1. The number of anilines is 2. The average Bonchev–Trinajstić information content (AvgIpc) is 2.33. The Kier molecular flexibility index (Phi) is 3.51. The minimum Gasteiger partial charge on any atom is -0.399 e. The summed E-state index contributed by atoms with van der Waals surface area (Å²) in [6, 6.07) is 11.3. The molecule has 3 heteroatoms. The highest BCUT2D eigenvalue weighted by atomic mass is 19.1. The second-order valence-corrected chi connectivity index (χ2v) is 4.52. The number of hydrogen-bond donors (Lipinski definition) is 2. The SMILES string of the molecule is Cc1cc(CNc2cccc(N)c2)cc(C)c1F. The molecule has 0 unspecified atom stereocenters. The van der Waals surface area contributed by atoms with Crippen molar-refractivity contribution in [1.82, 2.24) is 0 Å². The Morgan fingerprint density at radius 3 is 2.39 bits per heavy atom. The Hall–Kier alpha value is -2.03. The van der Waals surface area contributed by atoms with E-state index in [0.29, 0.717) is 17.7 Å². The Labute approximate surface area is 107 Å². The topological polar surface area (TPSA) is 38.0 Å². The largest absolute Gasteiger partial charge is 0.399 e. The summed E-state index contributed by atoms with van der Waals surface area (Å²) in [6.07, 6.45) is 0. The van der Waals surface area contributed by atoms with Crippen LogP contribution in [0.2, 0.25) is 0 Å². The second-order valence-electron chi connectivity index (χ2n) is 4.52. The predicted molar refractivity (Wildman–Crippen MR) is 74.1 cm³/mol. The molecule has 2 aromatic rings. The third-order valence-electron chi connectivity index (χ3n) is 2.88. The van der Waals surface area contributed by atoms with Gasteiger partial charge in [-0.25, -0.2) is 4.39 Å². The average molecular weight is 244 g/mol. The van der Waals surface area contributed by atoms with Crippen LogP contribution in [-0.2, 0) is 6.54 Å². The van der Waals surface area contributed by atoms with Crippen LogP contribution in [0, 0.1) is 19.7 Å². The quantitative estimate of drug-likeness (QED) is 0.809. The van der Waals surface area contributed by atoms with Crippen LogP contribution in [0.4, 0.5) is 15.8 Å². The van der Waals surface area contributed by atoms with Gasteiger partial charge in [-0.1, -0.05) is 18.2 Å². The Morgan fingerprint density at radius 2 is 1.78 bits per heavy atom. The van der Waals surface area contributed by atoms with Crippen molar-refractivity contribution >= 4 is 11.4 Å². The van der Waals surface area contributed by atoms with Gasteiger partial charge in [-0.2, -0.15) is 0 Å². The number of halogens is 1. The first-order chi connectivity index (χ1) is 8.56. The molecular formula is C15H17FN2. The standard InChI is InChI=1S/C15H17FN2/c1-10-6-12(7-11(2)15(10)16)9-18-14-5-3-4-13(17)8-14/h3-8,18H,9,17H2,1-2H3. The number of aryl methyl sites for hydroxylation is 2. The molecule has 0 radical (unpaired) electrons. The first-order valence-corrected chi connectivity index (χ1v) is 5.91. The van der Waals surface area contributed by atoms with Crippen molar-refractivity contribution < 1.29 is 4.39 Å². The van der Waals surface area contributed by atoms with E-state index >= 15 is 0 Å². The van der Waals surface area contributed by atoms with Crippen LogP contribution in [0.15, 0.2) is 36.4 Å². The summed E-state index contributed by atoms with van der Waals surface area (Å²) < 4.78 is 13.5. The summed E-state index contributed by atoms with van der Waals surface area (Å²) in [5.41, 5.74) is 9.83. The second kappa shape index (κ2) is 5.08. The Bertz CT molecular complexity index is 541. The maximum Gasteiger partial charge on any atom is 0.129 e. The molecule has 2 rings (SSSR count). The van der Waals surface area contributed by atoms with Crippen LogP contribution >= 0.6 is 0 Å². The zero-order valence-corrected chi connectivity index (χ0v) is 10.6. The summed E-state index contributed by atoms with van der Waals surface area (Å²) in [6.45, 7) is 4.23. The molecule has 2 aromatic carbocycles. The van der Waals surface area contributed by atoms with Crippen molar-refractivity contribution in [3.63, 3.8) is 0 Å². The molecule has 0 aliphatic heterocycles. The van der Waals surface area contributed by atoms with Gasteiger partial charge in [0.25, 0.3) is 0 Å². The molecule has 2 nitrogen and oxygen atoms in total. The first kappa shape index (κ1) is 12.4. The van der Waals surface area contributed by atoms with Gasteiger partial charge in [0.2, 0.25) is 0 Å². The van der Waals surface area contributed by atoms with Crippen molar-refractivity contribution in [3.05, 3.63) is 58.9 Å². The molecule has 0 aliphatic rings. The molecule has 0 fully saturated rings.